The van der Waals surface area contributed by atoms with Gasteiger partial charge < -0.3 is 14.8 Å². The number of nitrogens with one attached hydrogen (secondary N) is 1. The van der Waals surface area contributed by atoms with E-state index in [1.165, 1.54) is 6.08 Å². The lowest BCUT2D eigenvalue weighted by Gasteiger charge is -2.12. The van der Waals surface area contributed by atoms with Gasteiger partial charge in [0.1, 0.15) is 5.75 Å². The minimum Gasteiger partial charge on any atom is -0.494 e. The van der Waals surface area contributed by atoms with Crippen molar-refractivity contribution in [2.45, 2.75) is 33.4 Å². The van der Waals surface area contributed by atoms with Gasteiger partial charge in [0, 0.05) is 12.6 Å². The maximum Gasteiger partial charge on any atom is 0.331 e. The van der Waals surface area contributed by atoms with E-state index in [2.05, 4.69) is 5.32 Å². The van der Waals surface area contributed by atoms with Crippen LogP contribution in [0, 0.1) is 6.92 Å². The Balaban J connectivity index is 1.79. The van der Waals surface area contributed by atoms with Crippen molar-refractivity contribution >= 4 is 18.0 Å². The van der Waals surface area contributed by atoms with Crippen LogP contribution in [0.5, 0.6) is 5.75 Å². The number of amides is 1. The first-order chi connectivity index (χ1) is 13.0. The largest absolute Gasteiger partial charge is 0.494 e. The Labute approximate surface area is 160 Å². The number of rotatable bonds is 8. The number of benzene rings is 2. The van der Waals surface area contributed by atoms with Crippen molar-refractivity contribution in [2.75, 3.05) is 6.61 Å². The zero-order valence-corrected chi connectivity index (χ0v) is 15.9. The van der Waals surface area contributed by atoms with Crippen LogP contribution < -0.4 is 10.1 Å². The van der Waals surface area contributed by atoms with E-state index < -0.39 is 12.1 Å². The third-order valence-electron chi connectivity index (χ3n) is 3.85. The van der Waals surface area contributed by atoms with Crippen molar-refractivity contribution in [3.63, 3.8) is 0 Å². The van der Waals surface area contributed by atoms with Gasteiger partial charge in [-0.2, -0.15) is 0 Å². The van der Waals surface area contributed by atoms with Crippen molar-refractivity contribution in [3.05, 3.63) is 71.3 Å². The Morgan fingerprint density at radius 1 is 1.07 bits per heavy atom. The molecule has 2 rings (SSSR count). The number of hydrogen-bond donors (Lipinski definition) is 1. The van der Waals surface area contributed by atoms with Gasteiger partial charge in [-0.05, 0) is 50.1 Å². The summed E-state index contributed by atoms with van der Waals surface area (Å²) in [7, 11) is 0. The number of ether oxygens (including phenoxy) is 2. The Morgan fingerprint density at radius 3 is 2.37 bits per heavy atom. The van der Waals surface area contributed by atoms with Crippen molar-refractivity contribution in [3.8, 4) is 5.75 Å². The average Bonchev–Trinajstić information content (AvgIpc) is 2.67. The van der Waals surface area contributed by atoms with Crippen LogP contribution in [0.4, 0.5) is 0 Å². The average molecular weight is 367 g/mol. The molecule has 5 heteroatoms. The molecule has 0 aliphatic rings. The first-order valence-electron chi connectivity index (χ1n) is 8.92. The van der Waals surface area contributed by atoms with Gasteiger partial charge in [-0.3, -0.25) is 4.79 Å². The molecule has 0 fully saturated rings. The molecule has 1 unspecified atom stereocenters. The molecule has 1 atom stereocenters. The summed E-state index contributed by atoms with van der Waals surface area (Å²) in [5.41, 5.74) is 2.99. The van der Waals surface area contributed by atoms with Gasteiger partial charge in [0.05, 0.1) is 6.61 Å². The summed E-state index contributed by atoms with van der Waals surface area (Å²) < 4.78 is 10.5. The van der Waals surface area contributed by atoms with Crippen molar-refractivity contribution in [1.82, 2.24) is 5.32 Å². The van der Waals surface area contributed by atoms with E-state index in [1.54, 1.807) is 13.0 Å². The van der Waals surface area contributed by atoms with Crippen LogP contribution in [0.25, 0.3) is 6.08 Å². The van der Waals surface area contributed by atoms with E-state index in [9.17, 15) is 9.59 Å². The molecule has 2 aromatic rings. The Bertz CT molecular complexity index is 779. The second kappa shape index (κ2) is 10.2. The molecule has 27 heavy (non-hydrogen) atoms. The van der Waals surface area contributed by atoms with E-state index in [1.807, 2.05) is 62.4 Å². The van der Waals surface area contributed by atoms with E-state index in [-0.39, 0.29) is 5.91 Å². The third kappa shape index (κ3) is 6.98. The molecule has 0 aliphatic heterocycles. The smallest absolute Gasteiger partial charge is 0.331 e. The molecule has 0 saturated carbocycles. The molecule has 0 aliphatic carbocycles. The summed E-state index contributed by atoms with van der Waals surface area (Å²) in [6.07, 6.45) is 2.07. The van der Waals surface area contributed by atoms with Crippen LogP contribution in [0.3, 0.4) is 0 Å². The number of aryl methyl sites for hydroxylation is 1. The van der Waals surface area contributed by atoms with Crippen LogP contribution in [-0.2, 0) is 20.9 Å². The predicted octanol–water partition coefficient (Wildman–Crippen LogP) is 3.66. The number of carbonyl (C=O) groups is 2. The normalized spacial score (nSPS) is 11.8. The van der Waals surface area contributed by atoms with Gasteiger partial charge in [0.25, 0.3) is 5.91 Å². The molecule has 0 radical (unpaired) electrons. The van der Waals surface area contributed by atoms with Crippen molar-refractivity contribution in [1.29, 1.82) is 0 Å². The lowest BCUT2D eigenvalue weighted by Crippen LogP contribution is -2.35. The molecule has 0 spiro atoms. The van der Waals surface area contributed by atoms with Gasteiger partial charge in [0.15, 0.2) is 6.10 Å². The molecular formula is C22H25NO4. The van der Waals surface area contributed by atoms with Crippen LogP contribution in [0.2, 0.25) is 0 Å². The highest BCUT2D eigenvalue weighted by Crippen LogP contribution is 2.13. The molecule has 1 amide bonds. The summed E-state index contributed by atoms with van der Waals surface area (Å²) in [4.78, 5) is 24.0. The second-order valence-corrected chi connectivity index (χ2v) is 6.12. The minimum absolute atomic E-state index is 0.335. The van der Waals surface area contributed by atoms with Crippen LogP contribution in [-0.4, -0.2) is 24.6 Å². The zero-order chi connectivity index (χ0) is 19.6. The Hall–Kier alpha value is -3.08. The molecule has 0 heterocycles. The van der Waals surface area contributed by atoms with Crippen LogP contribution in [0.15, 0.2) is 54.6 Å². The topological polar surface area (TPSA) is 64.6 Å². The summed E-state index contributed by atoms with van der Waals surface area (Å²) in [6.45, 7) is 6.47. The van der Waals surface area contributed by atoms with E-state index in [0.29, 0.717) is 13.2 Å². The molecule has 0 aromatic heterocycles. The van der Waals surface area contributed by atoms with Gasteiger partial charge >= 0.3 is 5.97 Å². The Kier molecular flexibility index (Phi) is 7.62. The van der Waals surface area contributed by atoms with Gasteiger partial charge in [0.2, 0.25) is 0 Å². The van der Waals surface area contributed by atoms with E-state index in [4.69, 9.17) is 9.47 Å². The molecule has 5 nitrogen and oxygen atoms in total. The minimum atomic E-state index is -0.868. The maximum absolute atomic E-state index is 12.1. The SMILES string of the molecule is CCOc1ccc(/C=C/C(=O)OC(C)C(=O)NCc2ccc(C)cc2)cc1. The van der Waals surface area contributed by atoms with Gasteiger partial charge in [-0.15, -0.1) is 0 Å². The van der Waals surface area contributed by atoms with Crippen LogP contribution in [0.1, 0.15) is 30.5 Å². The fourth-order valence-electron chi connectivity index (χ4n) is 2.31. The molecule has 1 N–H and O–H groups in total. The second-order valence-electron chi connectivity index (χ2n) is 6.12. The first-order valence-corrected chi connectivity index (χ1v) is 8.92. The molecule has 2 aromatic carbocycles. The number of esters is 1. The highest BCUT2D eigenvalue weighted by atomic mass is 16.5. The van der Waals surface area contributed by atoms with E-state index >= 15 is 0 Å². The molecule has 142 valence electrons. The summed E-state index contributed by atoms with van der Waals surface area (Å²) >= 11 is 0. The monoisotopic (exact) mass is 367 g/mol. The summed E-state index contributed by atoms with van der Waals surface area (Å²) in [5, 5.41) is 2.76. The first kappa shape index (κ1) is 20.2. The number of carbonyl (C=O) groups excluding carboxylic acids is 2. The zero-order valence-electron chi connectivity index (χ0n) is 15.9. The Morgan fingerprint density at radius 2 is 1.74 bits per heavy atom. The van der Waals surface area contributed by atoms with Crippen molar-refractivity contribution in [2.24, 2.45) is 0 Å². The fourth-order valence-corrected chi connectivity index (χ4v) is 2.31. The highest BCUT2D eigenvalue weighted by molar-refractivity contribution is 5.90. The van der Waals surface area contributed by atoms with Crippen LogP contribution >= 0.6 is 0 Å². The summed E-state index contributed by atoms with van der Waals surface area (Å²) in [6, 6.07) is 15.2. The van der Waals surface area contributed by atoms with Crippen molar-refractivity contribution < 1.29 is 19.1 Å². The quantitative estimate of drug-likeness (QED) is 0.571. The fraction of sp³-hybridized carbons (Fsp3) is 0.273. The van der Waals surface area contributed by atoms with Gasteiger partial charge in [-0.1, -0.05) is 42.0 Å². The third-order valence-corrected chi connectivity index (χ3v) is 3.85. The van der Waals surface area contributed by atoms with Gasteiger partial charge in [-0.25, -0.2) is 4.79 Å². The standard InChI is InChI=1S/C22H25NO4/c1-4-26-20-12-9-18(10-13-20)11-14-21(24)27-17(3)22(25)23-15-19-7-5-16(2)6-8-19/h5-14,17H,4,15H2,1-3H3,(H,23,25)/b14-11+. The highest BCUT2D eigenvalue weighted by Gasteiger charge is 2.16. The molecule has 0 bridgehead atoms. The van der Waals surface area contributed by atoms with E-state index in [0.717, 1.165) is 22.4 Å². The number of hydrogen-bond acceptors (Lipinski definition) is 4. The maximum atomic E-state index is 12.1. The predicted molar refractivity (Wildman–Crippen MR) is 105 cm³/mol. The lowest BCUT2D eigenvalue weighted by molar-refractivity contribution is -0.150. The summed E-state index contributed by atoms with van der Waals surface area (Å²) in [5.74, 6) is -0.128. The molecule has 0 saturated heterocycles. The molecular weight excluding hydrogens is 342 g/mol. The lowest BCUT2D eigenvalue weighted by atomic mass is 10.1.